The first-order valence-electron chi connectivity index (χ1n) is 11.7. The van der Waals surface area contributed by atoms with Crippen molar-refractivity contribution in [2.24, 2.45) is 5.92 Å². The number of hydrogen-bond donors (Lipinski definition) is 1. The Morgan fingerprint density at radius 3 is 2.69 bits per heavy atom. The van der Waals surface area contributed by atoms with E-state index >= 15 is 0 Å². The Labute approximate surface area is 189 Å². The molecule has 1 aromatic heterocycles. The van der Waals surface area contributed by atoms with Crippen molar-refractivity contribution in [2.75, 3.05) is 37.8 Å². The molecule has 0 aliphatic carbocycles. The molecule has 0 atom stereocenters. The second-order valence-corrected chi connectivity index (χ2v) is 9.20. The van der Waals surface area contributed by atoms with Crippen LogP contribution in [0.1, 0.15) is 67.2 Å². The second-order valence-electron chi connectivity index (χ2n) is 9.20. The first kappa shape index (κ1) is 22.6. The zero-order valence-electron chi connectivity index (χ0n) is 19.3. The molecule has 1 aromatic carbocycles. The largest absolute Gasteiger partial charge is 0.494 e. The van der Waals surface area contributed by atoms with Crippen LogP contribution >= 0.6 is 0 Å². The second kappa shape index (κ2) is 10.3. The quantitative estimate of drug-likeness (QED) is 0.592. The summed E-state index contributed by atoms with van der Waals surface area (Å²) in [6.07, 6.45) is 4.44. The maximum Gasteiger partial charge on any atom is 0.324 e. The van der Waals surface area contributed by atoms with Crippen molar-refractivity contribution in [3.05, 3.63) is 35.2 Å². The van der Waals surface area contributed by atoms with Gasteiger partial charge in [-0.15, -0.1) is 0 Å². The van der Waals surface area contributed by atoms with Gasteiger partial charge in [0, 0.05) is 24.6 Å². The van der Waals surface area contributed by atoms with Crippen LogP contribution in [0, 0.1) is 12.8 Å². The molecule has 174 valence electrons. The van der Waals surface area contributed by atoms with E-state index in [-0.39, 0.29) is 17.9 Å². The van der Waals surface area contributed by atoms with Gasteiger partial charge in [-0.3, -0.25) is 4.79 Å². The summed E-state index contributed by atoms with van der Waals surface area (Å²) in [4.78, 5) is 19.0. The summed E-state index contributed by atoms with van der Waals surface area (Å²) < 4.78 is 16.5. The fourth-order valence-electron chi connectivity index (χ4n) is 4.13. The average molecular weight is 443 g/mol. The maximum absolute atomic E-state index is 12.3. The zero-order chi connectivity index (χ0) is 22.5. The molecule has 2 saturated heterocycles. The molecule has 0 saturated carbocycles. The lowest BCUT2D eigenvalue weighted by Crippen LogP contribution is -2.48. The standard InChI is InChI=1S/C24H34N4O4/c1-16(2)22-26-24(32-27-22)28-10-8-18(9-11-28)5-4-12-31-20-6-7-21(17(3)13-20)23(29)25-19-14-30-15-19/h6-7,13,16,18-19H,4-5,8-12,14-15H2,1-3H3,(H,25,29). The van der Waals surface area contributed by atoms with Crippen LogP contribution in [-0.4, -0.2) is 55.0 Å². The molecule has 1 N–H and O–H groups in total. The molecule has 0 unspecified atom stereocenters. The minimum atomic E-state index is -0.0466. The summed E-state index contributed by atoms with van der Waals surface area (Å²) >= 11 is 0. The highest BCUT2D eigenvalue weighted by molar-refractivity contribution is 5.96. The number of rotatable bonds is 9. The van der Waals surface area contributed by atoms with E-state index in [1.807, 2.05) is 25.1 Å². The molecule has 2 aromatic rings. The Bertz CT molecular complexity index is 901. The highest BCUT2D eigenvalue weighted by Gasteiger charge is 2.24. The van der Waals surface area contributed by atoms with Crippen molar-refractivity contribution in [1.82, 2.24) is 15.5 Å². The van der Waals surface area contributed by atoms with Crippen LogP contribution in [-0.2, 0) is 4.74 Å². The van der Waals surface area contributed by atoms with Gasteiger partial charge in [0.2, 0.25) is 0 Å². The molecule has 2 aliphatic heterocycles. The molecule has 2 aliphatic rings. The lowest BCUT2D eigenvalue weighted by atomic mass is 9.92. The Morgan fingerprint density at radius 2 is 2.06 bits per heavy atom. The molecule has 0 radical (unpaired) electrons. The van der Waals surface area contributed by atoms with Gasteiger partial charge in [0.1, 0.15) is 5.75 Å². The number of aryl methyl sites for hydroxylation is 1. The molecule has 8 heteroatoms. The number of benzene rings is 1. The van der Waals surface area contributed by atoms with Gasteiger partial charge >= 0.3 is 6.01 Å². The molecule has 1 amide bonds. The minimum Gasteiger partial charge on any atom is -0.494 e. The number of carbonyl (C=O) groups excluding carboxylic acids is 1. The van der Waals surface area contributed by atoms with Crippen molar-refractivity contribution in [2.45, 2.75) is 58.4 Å². The molecule has 8 nitrogen and oxygen atoms in total. The number of nitrogens with zero attached hydrogens (tertiary/aromatic N) is 3. The molecule has 4 rings (SSSR count). The summed E-state index contributed by atoms with van der Waals surface area (Å²) in [6.45, 7) is 9.89. The van der Waals surface area contributed by atoms with Gasteiger partial charge in [0.15, 0.2) is 5.82 Å². The van der Waals surface area contributed by atoms with Gasteiger partial charge in [0.25, 0.3) is 5.91 Å². The third kappa shape index (κ3) is 5.59. The molecular weight excluding hydrogens is 408 g/mol. The molecule has 2 fully saturated rings. The van der Waals surface area contributed by atoms with E-state index in [9.17, 15) is 4.79 Å². The fraction of sp³-hybridized carbons (Fsp3) is 0.625. The maximum atomic E-state index is 12.3. The summed E-state index contributed by atoms with van der Waals surface area (Å²) in [5.41, 5.74) is 1.62. The Balaban J connectivity index is 1.15. The van der Waals surface area contributed by atoms with Gasteiger partial charge in [-0.05, 0) is 62.3 Å². The number of piperidine rings is 1. The van der Waals surface area contributed by atoms with Gasteiger partial charge in [-0.1, -0.05) is 19.0 Å². The van der Waals surface area contributed by atoms with Gasteiger partial charge in [-0.2, -0.15) is 4.98 Å². The Kier molecular flexibility index (Phi) is 7.29. The third-order valence-electron chi connectivity index (χ3n) is 6.27. The number of nitrogens with one attached hydrogen (secondary N) is 1. The van der Waals surface area contributed by atoms with E-state index in [1.165, 1.54) is 0 Å². The number of carbonyl (C=O) groups is 1. The van der Waals surface area contributed by atoms with Crippen LogP contribution in [0.4, 0.5) is 6.01 Å². The van der Waals surface area contributed by atoms with Crippen LogP contribution < -0.4 is 15.0 Å². The van der Waals surface area contributed by atoms with Crippen LogP contribution in [0.15, 0.2) is 22.7 Å². The van der Waals surface area contributed by atoms with Crippen molar-refractivity contribution < 1.29 is 18.8 Å². The number of anilines is 1. The summed E-state index contributed by atoms with van der Waals surface area (Å²) in [5, 5.41) is 7.05. The van der Waals surface area contributed by atoms with Crippen LogP contribution in [0.25, 0.3) is 0 Å². The van der Waals surface area contributed by atoms with E-state index in [0.29, 0.717) is 37.3 Å². The zero-order valence-corrected chi connectivity index (χ0v) is 19.3. The fourth-order valence-corrected chi connectivity index (χ4v) is 4.13. The lowest BCUT2D eigenvalue weighted by molar-refractivity contribution is -0.00347. The number of hydrogen-bond acceptors (Lipinski definition) is 7. The Hall–Kier alpha value is -2.61. The van der Waals surface area contributed by atoms with Gasteiger partial charge in [0.05, 0.1) is 25.9 Å². The van der Waals surface area contributed by atoms with E-state index in [2.05, 4.69) is 34.2 Å². The van der Waals surface area contributed by atoms with E-state index < -0.39 is 0 Å². The number of aromatic nitrogens is 2. The summed E-state index contributed by atoms with van der Waals surface area (Å²) in [7, 11) is 0. The predicted octanol–water partition coefficient (Wildman–Crippen LogP) is 3.71. The van der Waals surface area contributed by atoms with Crippen molar-refractivity contribution in [3.63, 3.8) is 0 Å². The van der Waals surface area contributed by atoms with Crippen molar-refractivity contribution in [3.8, 4) is 5.75 Å². The first-order valence-corrected chi connectivity index (χ1v) is 11.7. The predicted molar refractivity (Wildman–Crippen MR) is 121 cm³/mol. The molecule has 0 spiro atoms. The number of amides is 1. The highest BCUT2D eigenvalue weighted by Crippen LogP contribution is 2.26. The van der Waals surface area contributed by atoms with Gasteiger partial charge < -0.3 is 24.2 Å². The Morgan fingerprint density at radius 1 is 1.28 bits per heavy atom. The summed E-state index contributed by atoms with van der Waals surface area (Å²) in [5.74, 6) is 2.53. The molecular formula is C24H34N4O4. The molecule has 32 heavy (non-hydrogen) atoms. The van der Waals surface area contributed by atoms with E-state index in [4.69, 9.17) is 14.0 Å². The van der Waals surface area contributed by atoms with Crippen LogP contribution in [0.5, 0.6) is 5.75 Å². The highest BCUT2D eigenvalue weighted by atomic mass is 16.5. The lowest BCUT2D eigenvalue weighted by Gasteiger charge is -2.30. The average Bonchev–Trinajstić information content (AvgIpc) is 3.25. The van der Waals surface area contributed by atoms with E-state index in [1.54, 1.807) is 0 Å². The SMILES string of the molecule is Cc1cc(OCCCC2CCN(c3nc(C(C)C)no3)CC2)ccc1C(=O)NC1COC1. The molecule has 3 heterocycles. The minimum absolute atomic E-state index is 0.0466. The van der Waals surface area contributed by atoms with Gasteiger partial charge in [-0.25, -0.2) is 0 Å². The third-order valence-corrected chi connectivity index (χ3v) is 6.27. The van der Waals surface area contributed by atoms with Crippen LogP contribution in [0.2, 0.25) is 0 Å². The topological polar surface area (TPSA) is 89.7 Å². The normalized spacial score (nSPS) is 17.4. The van der Waals surface area contributed by atoms with Crippen molar-refractivity contribution in [1.29, 1.82) is 0 Å². The number of ether oxygens (including phenoxy) is 2. The van der Waals surface area contributed by atoms with Crippen LogP contribution in [0.3, 0.4) is 0 Å². The smallest absolute Gasteiger partial charge is 0.324 e. The van der Waals surface area contributed by atoms with Crippen molar-refractivity contribution >= 4 is 11.9 Å². The monoisotopic (exact) mass is 442 g/mol. The first-order chi connectivity index (χ1) is 15.5. The summed E-state index contributed by atoms with van der Waals surface area (Å²) in [6, 6.07) is 6.46. The molecule has 0 bridgehead atoms. The van der Waals surface area contributed by atoms with E-state index in [0.717, 1.165) is 55.9 Å².